The van der Waals surface area contributed by atoms with Crippen LogP contribution in [0.2, 0.25) is 0 Å². The molecule has 7 heteroatoms. The number of H-pyrrole nitrogens is 2. The van der Waals surface area contributed by atoms with E-state index in [1.807, 2.05) is 54.6 Å². The summed E-state index contributed by atoms with van der Waals surface area (Å²) in [6.07, 6.45) is 4.27. The van der Waals surface area contributed by atoms with Crippen LogP contribution in [0.3, 0.4) is 0 Å². The van der Waals surface area contributed by atoms with Gasteiger partial charge in [0.25, 0.3) is 5.91 Å². The number of aromatic nitrogens is 5. The summed E-state index contributed by atoms with van der Waals surface area (Å²) in [7, 11) is 0. The van der Waals surface area contributed by atoms with Crippen molar-refractivity contribution in [3.63, 3.8) is 0 Å². The third-order valence-electron chi connectivity index (χ3n) is 4.87. The molecule has 0 atom stereocenters. The van der Waals surface area contributed by atoms with Gasteiger partial charge in [-0.15, -0.1) is 0 Å². The van der Waals surface area contributed by atoms with Gasteiger partial charge in [-0.3, -0.25) is 14.9 Å². The molecular weight excluding hydrogens is 364 g/mol. The minimum absolute atomic E-state index is 0.190. The molecule has 2 aromatic carbocycles. The molecule has 0 bridgehead atoms. The molecule has 5 rings (SSSR count). The Kier molecular flexibility index (Phi) is 4.25. The fraction of sp³-hybridized carbons (Fsp3) is 0.0909. The highest BCUT2D eigenvalue weighted by Crippen LogP contribution is 2.28. The monoisotopic (exact) mass is 382 g/mol. The minimum atomic E-state index is -0.262. The van der Waals surface area contributed by atoms with E-state index in [0.29, 0.717) is 17.6 Å². The second-order valence-electron chi connectivity index (χ2n) is 6.79. The first-order valence-corrected chi connectivity index (χ1v) is 9.38. The van der Waals surface area contributed by atoms with E-state index >= 15 is 0 Å². The largest absolute Gasteiger partial charge is 0.349 e. The topological polar surface area (TPSA) is 99.3 Å². The van der Waals surface area contributed by atoms with E-state index in [9.17, 15) is 4.79 Å². The van der Waals surface area contributed by atoms with Gasteiger partial charge in [0.05, 0.1) is 22.2 Å². The summed E-state index contributed by atoms with van der Waals surface area (Å²) >= 11 is 0. The molecule has 142 valence electrons. The molecule has 29 heavy (non-hydrogen) atoms. The minimum Gasteiger partial charge on any atom is -0.349 e. The number of pyridine rings is 1. The Labute approximate surface area is 166 Å². The molecule has 3 aromatic heterocycles. The van der Waals surface area contributed by atoms with Gasteiger partial charge in [-0.25, -0.2) is 9.97 Å². The van der Waals surface area contributed by atoms with Crippen LogP contribution in [0.25, 0.3) is 33.2 Å². The predicted molar refractivity (Wildman–Crippen MR) is 111 cm³/mol. The lowest BCUT2D eigenvalue weighted by Crippen LogP contribution is -2.26. The molecule has 0 radical (unpaired) electrons. The standard InChI is InChI=1S/C22H18N6O/c29-22(24-11-6-14-4-2-1-3-5-14)21-25-18-12-16-17(13-19(18)26-21)27-28-20(16)15-7-9-23-10-8-15/h1-5,7-10,12-13,27-28H,6,11H2,(H,24,29). The molecule has 0 aliphatic heterocycles. The summed E-state index contributed by atoms with van der Waals surface area (Å²) in [5, 5.41) is 10.2. The van der Waals surface area contributed by atoms with Gasteiger partial charge in [-0.05, 0) is 36.2 Å². The first-order chi connectivity index (χ1) is 14.3. The van der Waals surface area contributed by atoms with Crippen molar-refractivity contribution in [1.82, 2.24) is 30.5 Å². The molecule has 7 nitrogen and oxygen atoms in total. The quantitative estimate of drug-likeness (QED) is 0.433. The van der Waals surface area contributed by atoms with Crippen LogP contribution in [0.15, 0.2) is 67.0 Å². The number of fused-ring (bicyclic) bond motifs is 2. The van der Waals surface area contributed by atoms with Gasteiger partial charge in [-0.2, -0.15) is 0 Å². The summed E-state index contributed by atoms with van der Waals surface area (Å²) < 4.78 is 0. The molecule has 0 fully saturated rings. The van der Waals surface area contributed by atoms with Crippen LogP contribution in [-0.2, 0) is 6.42 Å². The highest BCUT2D eigenvalue weighted by atomic mass is 16.2. The number of hydrogen-bond acceptors (Lipinski definition) is 4. The second kappa shape index (κ2) is 7.20. The van der Waals surface area contributed by atoms with Gasteiger partial charge < -0.3 is 10.4 Å². The van der Waals surface area contributed by atoms with Crippen molar-refractivity contribution in [1.29, 1.82) is 0 Å². The van der Waals surface area contributed by atoms with Crippen molar-refractivity contribution in [2.45, 2.75) is 6.42 Å². The number of hydrogen-bond donors (Lipinski definition) is 3. The third kappa shape index (κ3) is 3.34. The van der Waals surface area contributed by atoms with Crippen LogP contribution in [0, 0.1) is 0 Å². The van der Waals surface area contributed by atoms with Crippen LogP contribution in [0.5, 0.6) is 0 Å². The fourth-order valence-electron chi connectivity index (χ4n) is 3.41. The van der Waals surface area contributed by atoms with Gasteiger partial charge >= 0.3 is 0 Å². The normalized spacial score (nSPS) is 11.2. The maximum Gasteiger partial charge on any atom is 0.289 e. The first kappa shape index (κ1) is 17.1. The number of carbonyl (C=O) groups is 1. The van der Waals surface area contributed by atoms with Crippen molar-refractivity contribution in [2.24, 2.45) is 0 Å². The van der Waals surface area contributed by atoms with Gasteiger partial charge in [-0.1, -0.05) is 30.3 Å². The molecule has 0 saturated heterocycles. The molecule has 0 aliphatic carbocycles. The van der Waals surface area contributed by atoms with E-state index in [1.54, 1.807) is 12.4 Å². The maximum atomic E-state index is 12.5. The lowest BCUT2D eigenvalue weighted by Gasteiger charge is -2.02. The maximum absolute atomic E-state index is 12.5. The van der Waals surface area contributed by atoms with Crippen LogP contribution < -0.4 is 5.32 Å². The van der Waals surface area contributed by atoms with E-state index in [4.69, 9.17) is 0 Å². The summed E-state index contributed by atoms with van der Waals surface area (Å²) in [5.74, 6) is -0.0723. The number of amides is 1. The summed E-state index contributed by atoms with van der Waals surface area (Å²) in [6.45, 7) is 0.537. The van der Waals surface area contributed by atoms with Crippen LogP contribution in [-0.4, -0.2) is 37.6 Å². The zero-order valence-electron chi connectivity index (χ0n) is 15.5. The number of aromatic amines is 2. The molecule has 0 spiro atoms. The average molecular weight is 382 g/mol. The summed E-state index contributed by atoms with van der Waals surface area (Å²) in [6, 6.07) is 17.8. The van der Waals surface area contributed by atoms with Gasteiger partial charge in [0.15, 0.2) is 0 Å². The lowest BCUT2D eigenvalue weighted by molar-refractivity contribution is 0.0945. The van der Waals surface area contributed by atoms with Crippen LogP contribution >= 0.6 is 0 Å². The van der Waals surface area contributed by atoms with Gasteiger partial charge in [0, 0.05) is 29.9 Å². The molecular formula is C22H18N6O. The lowest BCUT2D eigenvalue weighted by atomic mass is 10.1. The van der Waals surface area contributed by atoms with Crippen molar-refractivity contribution in [3.05, 3.63) is 78.4 Å². The van der Waals surface area contributed by atoms with Crippen LogP contribution in [0.4, 0.5) is 0 Å². The van der Waals surface area contributed by atoms with E-state index in [-0.39, 0.29) is 11.7 Å². The van der Waals surface area contributed by atoms with Crippen molar-refractivity contribution >= 4 is 27.8 Å². The second-order valence-corrected chi connectivity index (χ2v) is 6.79. The molecule has 0 unspecified atom stereocenters. The van der Waals surface area contributed by atoms with E-state index < -0.39 is 0 Å². The Balaban J connectivity index is 1.39. The Morgan fingerprint density at radius 1 is 0.931 bits per heavy atom. The number of carbonyl (C=O) groups excluding carboxylic acids is 1. The number of nitrogens with one attached hydrogen (secondary N) is 3. The van der Waals surface area contributed by atoms with Crippen molar-refractivity contribution in [3.8, 4) is 11.3 Å². The molecule has 3 heterocycles. The zero-order valence-corrected chi connectivity index (χ0v) is 15.5. The Bertz CT molecular complexity index is 1290. The highest BCUT2D eigenvalue weighted by Gasteiger charge is 2.15. The summed E-state index contributed by atoms with van der Waals surface area (Å²) in [5.41, 5.74) is 5.41. The van der Waals surface area contributed by atoms with Crippen molar-refractivity contribution in [2.75, 3.05) is 6.54 Å². The fourth-order valence-corrected chi connectivity index (χ4v) is 3.41. The predicted octanol–water partition coefficient (Wildman–Crippen LogP) is 3.47. The molecule has 0 saturated carbocycles. The molecule has 3 N–H and O–H groups in total. The van der Waals surface area contributed by atoms with Crippen LogP contribution in [0.1, 0.15) is 16.2 Å². The molecule has 0 aliphatic rings. The number of rotatable bonds is 5. The van der Waals surface area contributed by atoms with E-state index in [1.165, 1.54) is 5.56 Å². The molecule has 1 amide bonds. The Morgan fingerprint density at radius 2 is 1.69 bits per heavy atom. The van der Waals surface area contributed by atoms with Gasteiger partial charge in [0.2, 0.25) is 5.82 Å². The number of imidazole rings is 1. The Morgan fingerprint density at radius 3 is 2.48 bits per heavy atom. The number of benzene rings is 2. The number of nitrogens with zero attached hydrogens (tertiary/aromatic N) is 3. The third-order valence-corrected chi connectivity index (χ3v) is 4.87. The first-order valence-electron chi connectivity index (χ1n) is 9.38. The van der Waals surface area contributed by atoms with Crippen molar-refractivity contribution < 1.29 is 4.79 Å². The highest BCUT2D eigenvalue weighted by molar-refractivity contribution is 6.02. The Hall–Kier alpha value is -4.00. The molecule has 5 aromatic rings. The summed E-state index contributed by atoms with van der Waals surface area (Å²) in [4.78, 5) is 25.4. The van der Waals surface area contributed by atoms with Gasteiger partial charge in [0.1, 0.15) is 0 Å². The van der Waals surface area contributed by atoms with E-state index in [2.05, 4.69) is 30.5 Å². The average Bonchev–Trinajstić information content (AvgIpc) is 3.37. The SMILES string of the molecule is O=C(NCCc1ccccc1)c1nc2cc3[nH][nH]c(-c4ccncc4)c3cc2n1. The van der Waals surface area contributed by atoms with E-state index in [0.717, 1.165) is 28.6 Å². The smallest absolute Gasteiger partial charge is 0.289 e. The zero-order chi connectivity index (χ0) is 19.6.